The second kappa shape index (κ2) is 6.46. The Morgan fingerprint density at radius 3 is 2.56 bits per heavy atom. The number of hydrogen-bond acceptors (Lipinski definition) is 1. The summed E-state index contributed by atoms with van der Waals surface area (Å²) in [7, 11) is 0. The van der Waals surface area contributed by atoms with E-state index in [0.717, 1.165) is 24.3 Å². The molecular weight excluding hydrogens is 448 g/mol. The summed E-state index contributed by atoms with van der Waals surface area (Å²) in [6, 6.07) is 11.8. The third-order valence-corrected chi connectivity index (χ3v) is 4.63. The lowest BCUT2D eigenvalue weighted by Gasteiger charge is -2.09. The van der Waals surface area contributed by atoms with Gasteiger partial charge in [-0.25, -0.2) is 0 Å². The van der Waals surface area contributed by atoms with Gasteiger partial charge in [-0.3, -0.25) is 0 Å². The van der Waals surface area contributed by atoms with Crippen LogP contribution in [-0.4, -0.2) is 0 Å². The van der Waals surface area contributed by atoms with Crippen molar-refractivity contribution in [2.24, 2.45) is 0 Å². The van der Waals surface area contributed by atoms with Crippen LogP contribution in [0, 0.1) is 3.57 Å². The van der Waals surface area contributed by atoms with Crippen molar-refractivity contribution >= 4 is 67.4 Å². The summed E-state index contributed by atoms with van der Waals surface area (Å²) in [6.07, 6.45) is 0. The van der Waals surface area contributed by atoms with Crippen molar-refractivity contribution in [3.8, 4) is 0 Å². The van der Waals surface area contributed by atoms with E-state index in [0.29, 0.717) is 11.6 Å². The van der Waals surface area contributed by atoms with Crippen LogP contribution < -0.4 is 5.32 Å². The summed E-state index contributed by atoms with van der Waals surface area (Å²) in [6.45, 7) is 0.687. The lowest BCUT2D eigenvalue weighted by molar-refractivity contribution is 1.15. The van der Waals surface area contributed by atoms with Crippen LogP contribution in [0.25, 0.3) is 0 Å². The Morgan fingerprint density at radius 1 is 1.06 bits per heavy atom. The van der Waals surface area contributed by atoms with E-state index in [1.165, 1.54) is 0 Å². The minimum Gasteiger partial charge on any atom is -0.380 e. The molecule has 0 bridgehead atoms. The first-order valence-electron chi connectivity index (χ1n) is 5.19. The van der Waals surface area contributed by atoms with Gasteiger partial charge in [0.2, 0.25) is 0 Å². The van der Waals surface area contributed by atoms with Crippen LogP contribution in [0.15, 0.2) is 40.9 Å². The molecule has 2 aromatic rings. The molecule has 0 aliphatic heterocycles. The summed E-state index contributed by atoms with van der Waals surface area (Å²) in [5, 5.41) is 4.74. The van der Waals surface area contributed by atoms with Gasteiger partial charge in [-0.2, -0.15) is 0 Å². The molecule has 0 amide bonds. The highest BCUT2D eigenvalue weighted by Crippen LogP contribution is 2.26. The topological polar surface area (TPSA) is 12.0 Å². The molecule has 0 heterocycles. The van der Waals surface area contributed by atoms with Crippen LogP contribution in [0.5, 0.6) is 0 Å². The number of hydrogen-bond donors (Lipinski definition) is 1. The Balaban J connectivity index is 2.11. The van der Waals surface area contributed by atoms with Gasteiger partial charge in [0.25, 0.3) is 0 Å². The van der Waals surface area contributed by atoms with E-state index in [2.05, 4.69) is 43.8 Å². The minimum atomic E-state index is 0.687. The van der Waals surface area contributed by atoms with Gasteiger partial charge in [0.05, 0.1) is 15.7 Å². The molecule has 0 fully saturated rings. The van der Waals surface area contributed by atoms with Gasteiger partial charge < -0.3 is 5.32 Å². The van der Waals surface area contributed by atoms with E-state index in [-0.39, 0.29) is 0 Å². The number of anilines is 1. The van der Waals surface area contributed by atoms with Crippen LogP contribution >= 0.6 is 61.7 Å². The molecule has 2 aromatic carbocycles. The molecule has 0 aliphatic carbocycles. The van der Waals surface area contributed by atoms with Crippen LogP contribution in [0.4, 0.5) is 5.69 Å². The maximum Gasteiger partial charge on any atom is 0.0638 e. The van der Waals surface area contributed by atoms with Crippen molar-refractivity contribution in [2.75, 3.05) is 5.32 Å². The largest absolute Gasteiger partial charge is 0.380 e. The smallest absolute Gasteiger partial charge is 0.0638 e. The number of halogens is 4. The molecular formula is C13H9BrCl2IN. The second-order valence-electron chi connectivity index (χ2n) is 3.73. The summed E-state index contributed by atoms with van der Waals surface area (Å²) >= 11 is 17.8. The van der Waals surface area contributed by atoms with Crippen LogP contribution in [0.1, 0.15) is 5.56 Å². The SMILES string of the molecule is Clc1cc(CNc2cc(I)ccc2Cl)ccc1Br. The maximum atomic E-state index is 6.12. The highest BCUT2D eigenvalue weighted by atomic mass is 127. The van der Waals surface area contributed by atoms with Gasteiger partial charge in [-0.05, 0) is 74.4 Å². The zero-order valence-electron chi connectivity index (χ0n) is 9.18. The third-order valence-electron chi connectivity index (χ3n) is 2.40. The van der Waals surface area contributed by atoms with Crippen LogP contribution in [-0.2, 0) is 6.54 Å². The fraction of sp³-hybridized carbons (Fsp3) is 0.0769. The monoisotopic (exact) mass is 455 g/mol. The van der Waals surface area contributed by atoms with E-state index >= 15 is 0 Å². The molecule has 0 aliphatic rings. The molecule has 2 rings (SSSR count). The first kappa shape index (κ1) is 14.4. The Labute approximate surface area is 138 Å². The Bertz CT molecular complexity index is 575. The average molecular weight is 457 g/mol. The predicted octanol–water partition coefficient (Wildman–Crippen LogP) is 5.97. The number of nitrogens with one attached hydrogen (secondary N) is 1. The number of benzene rings is 2. The molecule has 0 saturated carbocycles. The van der Waals surface area contributed by atoms with Crippen molar-refractivity contribution in [3.05, 3.63) is 60.0 Å². The fourth-order valence-electron chi connectivity index (χ4n) is 1.48. The highest BCUT2D eigenvalue weighted by Gasteiger charge is 2.02. The lowest BCUT2D eigenvalue weighted by atomic mass is 10.2. The zero-order chi connectivity index (χ0) is 13.1. The molecule has 18 heavy (non-hydrogen) atoms. The molecule has 5 heteroatoms. The standard InChI is InChI=1S/C13H9BrCl2IN/c14-10-3-1-8(5-12(10)16)7-18-13-6-9(17)2-4-11(13)15/h1-6,18H,7H2. The van der Waals surface area contributed by atoms with Gasteiger partial charge in [0.15, 0.2) is 0 Å². The molecule has 0 radical (unpaired) electrons. The van der Waals surface area contributed by atoms with Crippen molar-refractivity contribution in [3.63, 3.8) is 0 Å². The lowest BCUT2D eigenvalue weighted by Crippen LogP contribution is -2.00. The van der Waals surface area contributed by atoms with Crippen LogP contribution in [0.2, 0.25) is 10.0 Å². The normalized spacial score (nSPS) is 10.4. The minimum absolute atomic E-state index is 0.687. The second-order valence-corrected chi connectivity index (χ2v) is 6.64. The van der Waals surface area contributed by atoms with E-state index in [9.17, 15) is 0 Å². The van der Waals surface area contributed by atoms with Gasteiger partial charge >= 0.3 is 0 Å². The molecule has 0 saturated heterocycles. The maximum absolute atomic E-state index is 6.12. The summed E-state index contributed by atoms with van der Waals surface area (Å²) < 4.78 is 2.05. The Kier molecular flexibility index (Phi) is 5.18. The molecule has 0 spiro atoms. The van der Waals surface area contributed by atoms with E-state index in [1.807, 2.05) is 36.4 Å². The van der Waals surface area contributed by atoms with Crippen molar-refractivity contribution in [1.82, 2.24) is 0 Å². The van der Waals surface area contributed by atoms with Crippen molar-refractivity contribution in [1.29, 1.82) is 0 Å². The predicted molar refractivity (Wildman–Crippen MR) is 90.6 cm³/mol. The summed E-state index contributed by atoms with van der Waals surface area (Å²) in [5.41, 5.74) is 2.04. The highest BCUT2D eigenvalue weighted by molar-refractivity contribution is 14.1. The first-order valence-corrected chi connectivity index (χ1v) is 7.82. The zero-order valence-corrected chi connectivity index (χ0v) is 14.4. The molecule has 94 valence electrons. The van der Waals surface area contributed by atoms with E-state index < -0.39 is 0 Å². The summed E-state index contributed by atoms with van der Waals surface area (Å²) in [5.74, 6) is 0. The van der Waals surface area contributed by atoms with Gasteiger partial charge in [-0.15, -0.1) is 0 Å². The molecule has 0 atom stereocenters. The van der Waals surface area contributed by atoms with Gasteiger partial charge in [-0.1, -0.05) is 29.3 Å². The molecule has 1 nitrogen and oxygen atoms in total. The quantitative estimate of drug-likeness (QED) is 0.561. The molecule has 0 aromatic heterocycles. The van der Waals surface area contributed by atoms with Gasteiger partial charge in [0, 0.05) is 14.6 Å². The van der Waals surface area contributed by atoms with Crippen molar-refractivity contribution in [2.45, 2.75) is 6.54 Å². The van der Waals surface area contributed by atoms with Crippen LogP contribution in [0.3, 0.4) is 0 Å². The van der Waals surface area contributed by atoms with E-state index in [4.69, 9.17) is 23.2 Å². The Hall–Kier alpha value is 0.0300. The van der Waals surface area contributed by atoms with Gasteiger partial charge in [0.1, 0.15) is 0 Å². The molecule has 1 N–H and O–H groups in total. The first-order chi connectivity index (χ1) is 8.56. The molecule has 0 unspecified atom stereocenters. The van der Waals surface area contributed by atoms with Crippen molar-refractivity contribution < 1.29 is 0 Å². The van der Waals surface area contributed by atoms with E-state index in [1.54, 1.807) is 0 Å². The average Bonchev–Trinajstić information content (AvgIpc) is 2.34. The summed E-state index contributed by atoms with van der Waals surface area (Å²) in [4.78, 5) is 0. The fourth-order valence-corrected chi connectivity index (χ4v) is 2.61. The third kappa shape index (κ3) is 3.76. The Morgan fingerprint density at radius 2 is 1.83 bits per heavy atom. The number of rotatable bonds is 3.